The SMILES string of the molecule is Cc1cc(C)n(C2CCC2CNC(C)(C)C)n1. The molecule has 3 heteroatoms. The number of rotatable bonds is 3. The molecule has 1 fully saturated rings. The highest BCUT2D eigenvalue weighted by atomic mass is 15.3. The van der Waals surface area contributed by atoms with Gasteiger partial charge in [0.15, 0.2) is 0 Å². The van der Waals surface area contributed by atoms with Crippen molar-refractivity contribution in [2.45, 2.75) is 59.0 Å². The van der Waals surface area contributed by atoms with Crippen molar-refractivity contribution in [3.8, 4) is 0 Å². The second-order valence-electron chi connectivity index (χ2n) is 6.41. The van der Waals surface area contributed by atoms with Crippen LogP contribution in [-0.4, -0.2) is 21.9 Å². The number of nitrogens with zero attached hydrogens (tertiary/aromatic N) is 2. The van der Waals surface area contributed by atoms with Crippen LogP contribution in [0.4, 0.5) is 0 Å². The monoisotopic (exact) mass is 235 g/mol. The lowest BCUT2D eigenvalue weighted by Gasteiger charge is -2.39. The van der Waals surface area contributed by atoms with E-state index in [1.54, 1.807) is 0 Å². The van der Waals surface area contributed by atoms with Crippen molar-refractivity contribution in [3.63, 3.8) is 0 Å². The maximum atomic E-state index is 4.62. The first-order valence-corrected chi connectivity index (χ1v) is 6.64. The van der Waals surface area contributed by atoms with Gasteiger partial charge in [0.2, 0.25) is 0 Å². The highest BCUT2D eigenvalue weighted by Crippen LogP contribution is 2.38. The Bertz CT molecular complexity index is 387. The Hall–Kier alpha value is -0.830. The predicted octanol–water partition coefficient (Wildman–Crippen LogP) is 2.84. The van der Waals surface area contributed by atoms with Crippen LogP contribution < -0.4 is 5.32 Å². The molecule has 17 heavy (non-hydrogen) atoms. The zero-order chi connectivity index (χ0) is 12.6. The second kappa shape index (κ2) is 4.45. The molecule has 0 saturated heterocycles. The largest absolute Gasteiger partial charge is 0.312 e. The fraction of sp³-hybridized carbons (Fsp3) is 0.786. The van der Waals surface area contributed by atoms with E-state index >= 15 is 0 Å². The molecule has 1 N–H and O–H groups in total. The van der Waals surface area contributed by atoms with Crippen molar-refractivity contribution < 1.29 is 0 Å². The lowest BCUT2D eigenvalue weighted by Crippen LogP contribution is -2.44. The first-order valence-electron chi connectivity index (χ1n) is 6.64. The summed E-state index contributed by atoms with van der Waals surface area (Å²) in [6.07, 6.45) is 2.60. The minimum Gasteiger partial charge on any atom is -0.312 e. The summed E-state index contributed by atoms with van der Waals surface area (Å²) in [6, 6.07) is 2.78. The second-order valence-corrected chi connectivity index (χ2v) is 6.41. The van der Waals surface area contributed by atoms with Crippen molar-refractivity contribution in [1.29, 1.82) is 0 Å². The number of aromatic nitrogens is 2. The summed E-state index contributed by atoms with van der Waals surface area (Å²) in [5.74, 6) is 0.743. The molecule has 0 aromatic carbocycles. The minimum absolute atomic E-state index is 0.217. The maximum Gasteiger partial charge on any atom is 0.0596 e. The van der Waals surface area contributed by atoms with E-state index < -0.39 is 0 Å². The van der Waals surface area contributed by atoms with E-state index in [-0.39, 0.29) is 5.54 Å². The molecule has 1 saturated carbocycles. The molecular weight excluding hydrogens is 210 g/mol. The Kier molecular flexibility index (Phi) is 3.30. The van der Waals surface area contributed by atoms with Crippen molar-refractivity contribution in [2.24, 2.45) is 5.92 Å². The molecule has 0 aliphatic heterocycles. The molecular formula is C14H25N3. The number of hydrogen-bond acceptors (Lipinski definition) is 2. The van der Waals surface area contributed by atoms with Crippen LogP contribution in [0.3, 0.4) is 0 Å². The fourth-order valence-electron chi connectivity index (χ4n) is 2.53. The van der Waals surface area contributed by atoms with E-state index in [4.69, 9.17) is 0 Å². The highest BCUT2D eigenvalue weighted by molar-refractivity contribution is 5.09. The van der Waals surface area contributed by atoms with Crippen molar-refractivity contribution >= 4 is 0 Å². The Morgan fingerprint density at radius 2 is 2.06 bits per heavy atom. The summed E-state index contributed by atoms with van der Waals surface area (Å²) in [7, 11) is 0. The number of aryl methyl sites for hydroxylation is 2. The first-order chi connectivity index (χ1) is 7.87. The molecule has 0 spiro atoms. The quantitative estimate of drug-likeness (QED) is 0.873. The van der Waals surface area contributed by atoms with Gasteiger partial charge in [0, 0.05) is 17.8 Å². The molecule has 1 aromatic rings. The Balaban J connectivity index is 1.97. The standard InChI is InChI=1S/C14H25N3/c1-10-8-11(2)17(16-10)13-7-6-12(13)9-15-14(3,4)5/h8,12-13,15H,6-7,9H2,1-5H3. The molecule has 2 rings (SSSR count). The fourth-order valence-corrected chi connectivity index (χ4v) is 2.53. The van der Waals surface area contributed by atoms with Gasteiger partial charge in [-0.2, -0.15) is 5.10 Å². The Morgan fingerprint density at radius 3 is 2.47 bits per heavy atom. The summed E-state index contributed by atoms with van der Waals surface area (Å²) in [6.45, 7) is 12.0. The van der Waals surface area contributed by atoms with Crippen molar-refractivity contribution in [2.75, 3.05) is 6.54 Å². The molecule has 2 unspecified atom stereocenters. The summed E-state index contributed by atoms with van der Waals surface area (Å²) < 4.78 is 2.23. The van der Waals surface area contributed by atoms with E-state index in [2.05, 4.69) is 55.8 Å². The molecule has 3 nitrogen and oxygen atoms in total. The predicted molar refractivity (Wildman–Crippen MR) is 71.2 cm³/mol. The van der Waals surface area contributed by atoms with E-state index in [1.165, 1.54) is 18.5 Å². The molecule has 1 aliphatic carbocycles. The molecule has 0 radical (unpaired) electrons. The Labute approximate surface area is 105 Å². The van der Waals surface area contributed by atoms with Gasteiger partial charge in [-0.3, -0.25) is 4.68 Å². The normalized spacial score (nSPS) is 24.8. The first kappa shape index (κ1) is 12.6. The summed E-state index contributed by atoms with van der Waals surface area (Å²) >= 11 is 0. The van der Waals surface area contributed by atoms with Crippen LogP contribution >= 0.6 is 0 Å². The molecule has 1 aromatic heterocycles. The van der Waals surface area contributed by atoms with Crippen LogP contribution in [-0.2, 0) is 0 Å². The van der Waals surface area contributed by atoms with Crippen LogP contribution in [0.15, 0.2) is 6.07 Å². The average Bonchev–Trinajstić information content (AvgIpc) is 2.42. The van der Waals surface area contributed by atoms with Gasteiger partial charge in [0.1, 0.15) is 0 Å². The summed E-state index contributed by atoms with van der Waals surface area (Å²) in [5, 5.41) is 8.22. The molecule has 0 bridgehead atoms. The van der Waals surface area contributed by atoms with Gasteiger partial charge in [0.05, 0.1) is 11.7 Å². The topological polar surface area (TPSA) is 29.9 Å². The van der Waals surface area contributed by atoms with Gasteiger partial charge in [0.25, 0.3) is 0 Å². The zero-order valence-corrected chi connectivity index (χ0v) is 11.7. The smallest absolute Gasteiger partial charge is 0.0596 e. The van der Waals surface area contributed by atoms with Gasteiger partial charge in [-0.25, -0.2) is 0 Å². The number of nitrogens with one attached hydrogen (secondary N) is 1. The van der Waals surface area contributed by atoms with Crippen LogP contribution in [0, 0.1) is 19.8 Å². The van der Waals surface area contributed by atoms with Gasteiger partial charge in [-0.1, -0.05) is 0 Å². The van der Waals surface area contributed by atoms with Crippen LogP contribution in [0.25, 0.3) is 0 Å². The molecule has 1 heterocycles. The lowest BCUT2D eigenvalue weighted by atomic mass is 9.79. The Morgan fingerprint density at radius 1 is 1.35 bits per heavy atom. The van der Waals surface area contributed by atoms with Gasteiger partial charge in [-0.05, 0) is 59.4 Å². The molecule has 96 valence electrons. The highest BCUT2D eigenvalue weighted by Gasteiger charge is 2.34. The van der Waals surface area contributed by atoms with Crippen LogP contribution in [0.5, 0.6) is 0 Å². The zero-order valence-electron chi connectivity index (χ0n) is 11.7. The van der Waals surface area contributed by atoms with Crippen molar-refractivity contribution in [3.05, 3.63) is 17.5 Å². The van der Waals surface area contributed by atoms with Crippen LogP contribution in [0.2, 0.25) is 0 Å². The third-order valence-corrected chi connectivity index (χ3v) is 3.63. The third kappa shape index (κ3) is 2.89. The van der Waals surface area contributed by atoms with E-state index in [0.29, 0.717) is 6.04 Å². The molecule has 1 aliphatic rings. The lowest BCUT2D eigenvalue weighted by molar-refractivity contribution is 0.150. The van der Waals surface area contributed by atoms with Gasteiger partial charge < -0.3 is 5.32 Å². The van der Waals surface area contributed by atoms with Gasteiger partial charge >= 0.3 is 0 Å². The molecule has 2 atom stereocenters. The van der Waals surface area contributed by atoms with E-state index in [0.717, 1.165) is 18.2 Å². The summed E-state index contributed by atoms with van der Waals surface area (Å²) in [5.41, 5.74) is 2.65. The molecule has 0 amide bonds. The van der Waals surface area contributed by atoms with Gasteiger partial charge in [-0.15, -0.1) is 0 Å². The summed E-state index contributed by atoms with van der Waals surface area (Å²) in [4.78, 5) is 0. The minimum atomic E-state index is 0.217. The van der Waals surface area contributed by atoms with E-state index in [9.17, 15) is 0 Å². The third-order valence-electron chi connectivity index (χ3n) is 3.63. The van der Waals surface area contributed by atoms with Crippen molar-refractivity contribution in [1.82, 2.24) is 15.1 Å². The maximum absolute atomic E-state index is 4.62. The number of hydrogen-bond donors (Lipinski definition) is 1. The van der Waals surface area contributed by atoms with E-state index in [1.807, 2.05) is 0 Å². The van der Waals surface area contributed by atoms with Crippen LogP contribution in [0.1, 0.15) is 51.0 Å². The average molecular weight is 235 g/mol.